The fourth-order valence-electron chi connectivity index (χ4n) is 1.56. The lowest BCUT2D eigenvalue weighted by Gasteiger charge is -2.09. The van der Waals surface area contributed by atoms with Gasteiger partial charge in [0.05, 0.1) is 11.1 Å². The molecule has 0 N–H and O–H groups in total. The lowest BCUT2D eigenvalue weighted by molar-refractivity contribution is -0.138. The maximum atomic E-state index is 12.4. The van der Waals surface area contributed by atoms with Crippen molar-refractivity contribution in [1.82, 2.24) is 0 Å². The third-order valence-corrected chi connectivity index (χ3v) is 3.61. The molecular weight excluding hydrogens is 314 g/mol. The molecule has 0 spiro atoms. The summed E-state index contributed by atoms with van der Waals surface area (Å²) in [6.07, 6.45) is -8.81. The quantitative estimate of drug-likeness (QED) is 0.623. The summed E-state index contributed by atoms with van der Waals surface area (Å²) in [5.74, 6) is 0. The smallest absolute Gasteiger partial charge is 0.166 e. The number of alkyl halides is 6. The molecule has 0 aliphatic heterocycles. The monoisotopic (exact) mass is 322 g/mol. The van der Waals surface area contributed by atoms with E-state index in [1.54, 1.807) is 0 Å². The lowest BCUT2D eigenvalue weighted by atomic mass is 10.2. The normalized spacial score (nSPS) is 12.5. The molecule has 0 bridgehead atoms. The van der Waals surface area contributed by atoms with Crippen LogP contribution in [0.25, 0.3) is 0 Å². The minimum atomic E-state index is -4.41. The van der Waals surface area contributed by atoms with Crippen molar-refractivity contribution in [2.45, 2.75) is 22.1 Å². The maximum absolute atomic E-state index is 12.4. The Labute approximate surface area is 120 Å². The van der Waals surface area contributed by atoms with Crippen LogP contribution in [0.15, 0.2) is 58.3 Å². The van der Waals surface area contributed by atoms with Crippen molar-refractivity contribution in [1.29, 1.82) is 0 Å². The van der Waals surface area contributed by atoms with Gasteiger partial charge in [-0.3, -0.25) is 0 Å². The summed E-state index contributed by atoms with van der Waals surface area (Å²) >= 11 is 1.09. The van der Waals surface area contributed by atoms with Gasteiger partial charge in [-0.1, -0.05) is 11.8 Å². The van der Waals surface area contributed by atoms with E-state index >= 15 is 0 Å². The first-order valence-corrected chi connectivity index (χ1v) is 6.50. The topological polar surface area (TPSA) is 0 Å². The zero-order chi connectivity index (χ0) is 15.7. The van der Waals surface area contributed by atoms with Crippen LogP contribution < -0.4 is 0 Å². The van der Waals surface area contributed by atoms with Crippen LogP contribution >= 0.6 is 11.8 Å². The van der Waals surface area contributed by atoms with Gasteiger partial charge >= 0.3 is 12.4 Å². The van der Waals surface area contributed by atoms with Crippen molar-refractivity contribution in [3.05, 3.63) is 59.7 Å². The van der Waals surface area contributed by atoms with Crippen LogP contribution in [0, 0.1) is 0 Å². The Kier molecular flexibility index (Phi) is 4.22. The zero-order valence-corrected chi connectivity index (χ0v) is 11.1. The summed E-state index contributed by atoms with van der Waals surface area (Å²) in [4.78, 5) is 1.03. The van der Waals surface area contributed by atoms with Crippen molar-refractivity contribution in [2.24, 2.45) is 0 Å². The van der Waals surface area contributed by atoms with Gasteiger partial charge in [0.25, 0.3) is 0 Å². The maximum Gasteiger partial charge on any atom is 0.416 e. The molecule has 0 heterocycles. The number of rotatable bonds is 2. The highest BCUT2D eigenvalue weighted by Gasteiger charge is 2.30. The van der Waals surface area contributed by atoms with E-state index in [2.05, 4.69) is 0 Å². The summed E-state index contributed by atoms with van der Waals surface area (Å²) in [7, 11) is 0. The molecular formula is C14H8F6S. The Morgan fingerprint density at radius 2 is 0.810 bits per heavy atom. The molecule has 0 unspecified atom stereocenters. The molecule has 0 atom stereocenters. The van der Waals surface area contributed by atoms with Gasteiger partial charge in [0, 0.05) is 9.79 Å². The van der Waals surface area contributed by atoms with Crippen molar-refractivity contribution in [2.75, 3.05) is 0 Å². The van der Waals surface area contributed by atoms with Gasteiger partial charge in [-0.05, 0) is 48.5 Å². The summed E-state index contributed by atoms with van der Waals surface area (Å²) in [6, 6.07) is 8.88. The van der Waals surface area contributed by atoms with Gasteiger partial charge in [-0.2, -0.15) is 26.3 Å². The molecule has 2 aromatic rings. The molecule has 112 valence electrons. The van der Waals surface area contributed by atoms with E-state index < -0.39 is 23.5 Å². The standard InChI is InChI=1S/C14H8F6S/c15-13(16,17)9-1-5-11(6-2-9)21-12-7-3-10(4-8-12)14(18,19)20/h1-8H. The van der Waals surface area contributed by atoms with Crippen LogP contribution in [0.3, 0.4) is 0 Å². The molecule has 0 saturated heterocycles. The van der Waals surface area contributed by atoms with Gasteiger partial charge < -0.3 is 0 Å². The first kappa shape index (κ1) is 15.8. The van der Waals surface area contributed by atoms with E-state index in [4.69, 9.17) is 0 Å². The molecule has 21 heavy (non-hydrogen) atoms. The lowest BCUT2D eigenvalue weighted by Crippen LogP contribution is -2.04. The third kappa shape index (κ3) is 4.17. The van der Waals surface area contributed by atoms with Crippen LogP contribution in [0.1, 0.15) is 11.1 Å². The molecule has 0 fully saturated rings. The molecule has 0 aromatic heterocycles. The van der Waals surface area contributed by atoms with Crippen LogP contribution in [-0.2, 0) is 12.4 Å². The summed E-state index contributed by atoms with van der Waals surface area (Å²) in [6.45, 7) is 0. The highest BCUT2D eigenvalue weighted by molar-refractivity contribution is 7.99. The predicted octanol–water partition coefficient (Wildman–Crippen LogP) is 5.88. The Morgan fingerprint density at radius 3 is 1.05 bits per heavy atom. The van der Waals surface area contributed by atoms with Crippen molar-refractivity contribution in [3.8, 4) is 0 Å². The molecule has 0 nitrogen and oxygen atoms in total. The fraction of sp³-hybridized carbons (Fsp3) is 0.143. The Bertz CT molecular complexity index is 540. The number of hydrogen-bond donors (Lipinski definition) is 0. The van der Waals surface area contributed by atoms with E-state index in [1.165, 1.54) is 24.3 Å². The molecule has 0 saturated carbocycles. The molecule has 2 rings (SSSR count). The Morgan fingerprint density at radius 1 is 0.524 bits per heavy atom. The van der Waals surface area contributed by atoms with E-state index in [0.29, 0.717) is 9.79 Å². The molecule has 7 heteroatoms. The van der Waals surface area contributed by atoms with Gasteiger partial charge in [-0.25, -0.2) is 0 Å². The first-order chi connectivity index (χ1) is 9.66. The molecule has 0 aliphatic carbocycles. The fourth-order valence-corrected chi connectivity index (χ4v) is 2.38. The van der Waals surface area contributed by atoms with E-state index in [0.717, 1.165) is 36.0 Å². The summed E-state index contributed by atoms with van der Waals surface area (Å²) in [5.41, 5.74) is -1.53. The predicted molar refractivity (Wildman–Crippen MR) is 67.0 cm³/mol. The molecule has 0 radical (unpaired) electrons. The highest BCUT2D eigenvalue weighted by Crippen LogP contribution is 2.35. The minimum Gasteiger partial charge on any atom is -0.166 e. The Balaban J connectivity index is 2.12. The van der Waals surface area contributed by atoms with Gasteiger partial charge in [-0.15, -0.1) is 0 Å². The average molecular weight is 322 g/mol. The van der Waals surface area contributed by atoms with Gasteiger partial charge in [0.1, 0.15) is 0 Å². The van der Waals surface area contributed by atoms with Gasteiger partial charge in [0.15, 0.2) is 0 Å². The summed E-state index contributed by atoms with van der Waals surface area (Å²) in [5, 5.41) is 0. The average Bonchev–Trinajstić information content (AvgIpc) is 2.38. The van der Waals surface area contributed by atoms with E-state index in [9.17, 15) is 26.3 Å². The number of hydrogen-bond acceptors (Lipinski definition) is 1. The second kappa shape index (κ2) is 5.63. The molecule has 0 amide bonds. The molecule has 0 aliphatic rings. The van der Waals surface area contributed by atoms with Crippen LogP contribution in [0.4, 0.5) is 26.3 Å². The van der Waals surface area contributed by atoms with E-state index in [1.807, 2.05) is 0 Å². The van der Waals surface area contributed by atoms with Crippen molar-refractivity contribution >= 4 is 11.8 Å². The largest absolute Gasteiger partial charge is 0.416 e. The third-order valence-electron chi connectivity index (χ3n) is 2.60. The number of halogens is 6. The SMILES string of the molecule is FC(F)(F)c1ccc(Sc2ccc(C(F)(F)F)cc2)cc1. The highest BCUT2D eigenvalue weighted by atomic mass is 32.2. The van der Waals surface area contributed by atoms with Crippen LogP contribution in [0.5, 0.6) is 0 Å². The number of benzene rings is 2. The van der Waals surface area contributed by atoms with Crippen molar-refractivity contribution < 1.29 is 26.3 Å². The van der Waals surface area contributed by atoms with Crippen LogP contribution in [-0.4, -0.2) is 0 Å². The van der Waals surface area contributed by atoms with Gasteiger partial charge in [0.2, 0.25) is 0 Å². The zero-order valence-electron chi connectivity index (χ0n) is 10.3. The van der Waals surface area contributed by atoms with Crippen molar-refractivity contribution in [3.63, 3.8) is 0 Å². The minimum absolute atomic E-state index is 0.516. The van der Waals surface area contributed by atoms with Crippen LogP contribution in [0.2, 0.25) is 0 Å². The van der Waals surface area contributed by atoms with E-state index in [-0.39, 0.29) is 0 Å². The summed E-state index contributed by atoms with van der Waals surface area (Å²) < 4.78 is 74.3. The molecule has 2 aromatic carbocycles. The Hall–Kier alpha value is -1.63. The second-order valence-electron chi connectivity index (χ2n) is 4.15. The first-order valence-electron chi connectivity index (χ1n) is 5.68. The second-order valence-corrected chi connectivity index (χ2v) is 5.29.